The third kappa shape index (κ3) is 4.70. The molecule has 1 unspecified atom stereocenters. The summed E-state index contributed by atoms with van der Waals surface area (Å²) in [7, 11) is 4.01. The zero-order valence-electron chi connectivity index (χ0n) is 20.1. The molecule has 7 nitrogen and oxygen atoms in total. The van der Waals surface area contributed by atoms with Gasteiger partial charge in [0.25, 0.3) is 0 Å². The smallest absolute Gasteiger partial charge is 0.324 e. The minimum atomic E-state index is -0.280. The molecule has 2 aliphatic rings. The Kier molecular flexibility index (Phi) is 7.20. The van der Waals surface area contributed by atoms with Crippen LogP contribution in [0.25, 0.3) is 10.9 Å². The summed E-state index contributed by atoms with van der Waals surface area (Å²) in [6.45, 7) is 9.02. The van der Waals surface area contributed by atoms with Crippen LogP contribution in [-0.2, 0) is 11.2 Å². The molecule has 3 amide bonds. The van der Waals surface area contributed by atoms with Gasteiger partial charge >= 0.3 is 6.03 Å². The third-order valence-electron chi connectivity index (χ3n) is 7.11. The first-order valence-corrected chi connectivity index (χ1v) is 12.1. The number of urea groups is 1. The summed E-state index contributed by atoms with van der Waals surface area (Å²) in [5.41, 5.74) is 3.84. The number of fused-ring (bicyclic) bond motifs is 2. The van der Waals surface area contributed by atoms with Gasteiger partial charge in [0.2, 0.25) is 5.91 Å². The molecule has 1 aromatic carbocycles. The molecule has 0 radical (unpaired) electrons. The number of carbonyl (C=O) groups is 2. The molecule has 1 saturated heterocycles. The first-order chi connectivity index (χ1) is 15.9. The fourth-order valence-corrected chi connectivity index (χ4v) is 5.68. The lowest BCUT2D eigenvalue weighted by Gasteiger charge is -2.47. The Hall–Kier alpha value is -2.64. The van der Waals surface area contributed by atoms with E-state index in [1.807, 2.05) is 27.1 Å². The highest BCUT2D eigenvalue weighted by Crippen LogP contribution is 2.45. The number of imide groups is 1. The van der Waals surface area contributed by atoms with Gasteiger partial charge in [-0.3, -0.25) is 14.6 Å². The number of likely N-dealkylation sites (tertiary alicyclic amines) is 1. The van der Waals surface area contributed by atoms with Crippen molar-refractivity contribution in [1.82, 2.24) is 25.0 Å². The van der Waals surface area contributed by atoms with Crippen molar-refractivity contribution in [2.24, 2.45) is 5.92 Å². The lowest BCUT2D eigenvalue weighted by atomic mass is 9.72. The van der Waals surface area contributed by atoms with E-state index in [1.54, 1.807) is 0 Å². The maximum Gasteiger partial charge on any atom is 0.324 e. The zero-order chi connectivity index (χ0) is 23.5. The minimum Gasteiger partial charge on any atom is -0.361 e. The highest BCUT2D eigenvalue weighted by Gasteiger charge is 2.43. The number of H-pyrrole nitrogens is 1. The van der Waals surface area contributed by atoms with E-state index >= 15 is 0 Å². The highest BCUT2D eigenvalue weighted by molar-refractivity contribution is 5.96. The van der Waals surface area contributed by atoms with Crippen molar-refractivity contribution < 1.29 is 9.59 Å². The van der Waals surface area contributed by atoms with Crippen LogP contribution in [0.4, 0.5) is 4.79 Å². The number of aromatic nitrogens is 1. The van der Waals surface area contributed by atoms with Crippen molar-refractivity contribution in [3.05, 3.63) is 48.2 Å². The van der Waals surface area contributed by atoms with Crippen LogP contribution in [0.2, 0.25) is 0 Å². The van der Waals surface area contributed by atoms with Crippen LogP contribution in [0.3, 0.4) is 0 Å². The van der Waals surface area contributed by atoms with Gasteiger partial charge in [-0.15, -0.1) is 6.58 Å². The topological polar surface area (TPSA) is 71.7 Å². The first kappa shape index (κ1) is 23.5. The molecule has 7 heteroatoms. The molecule has 4 rings (SSSR count). The lowest BCUT2D eigenvalue weighted by molar-refractivity contribution is -0.135. The van der Waals surface area contributed by atoms with Crippen LogP contribution in [0.1, 0.15) is 36.8 Å². The van der Waals surface area contributed by atoms with Gasteiger partial charge in [-0.05, 0) is 64.0 Å². The van der Waals surface area contributed by atoms with Gasteiger partial charge in [0, 0.05) is 55.2 Å². The molecule has 1 aromatic heterocycles. The largest absolute Gasteiger partial charge is 0.361 e. The van der Waals surface area contributed by atoms with Gasteiger partial charge in [0.05, 0.1) is 5.92 Å². The highest BCUT2D eigenvalue weighted by atomic mass is 16.2. The Bertz CT molecular complexity index is 1010. The summed E-state index contributed by atoms with van der Waals surface area (Å²) in [5.74, 6) is -0.0133. The maximum absolute atomic E-state index is 13.7. The molecule has 2 N–H and O–H groups in total. The van der Waals surface area contributed by atoms with Crippen LogP contribution in [-0.4, -0.2) is 84.5 Å². The molecule has 2 aromatic rings. The van der Waals surface area contributed by atoms with Crippen molar-refractivity contribution in [2.75, 3.05) is 46.8 Å². The predicted molar refractivity (Wildman–Crippen MR) is 132 cm³/mol. The quantitative estimate of drug-likeness (QED) is 0.605. The first-order valence-electron chi connectivity index (χ1n) is 12.1. The van der Waals surface area contributed by atoms with Gasteiger partial charge in [0.1, 0.15) is 0 Å². The zero-order valence-corrected chi connectivity index (χ0v) is 20.1. The van der Waals surface area contributed by atoms with Crippen LogP contribution in [0, 0.1) is 5.92 Å². The predicted octanol–water partition coefficient (Wildman–Crippen LogP) is 3.19. The van der Waals surface area contributed by atoms with Gasteiger partial charge in [-0.1, -0.05) is 18.2 Å². The van der Waals surface area contributed by atoms with E-state index in [1.165, 1.54) is 21.4 Å². The normalized spacial score (nSPS) is 22.2. The fraction of sp³-hybridized carbons (Fsp3) is 0.538. The molecule has 2 heterocycles. The number of piperidine rings is 1. The SMILES string of the molecule is C=CCN1C[C@H](C(=O)N(CCCN(C)C)C(=O)NCC)CC2c3cccc4[nH]cc(c34)C[C@H]21. The van der Waals surface area contributed by atoms with Crippen molar-refractivity contribution in [3.63, 3.8) is 0 Å². The Labute approximate surface area is 196 Å². The summed E-state index contributed by atoms with van der Waals surface area (Å²) < 4.78 is 0. The molecule has 0 bridgehead atoms. The van der Waals surface area contributed by atoms with E-state index in [2.05, 4.69) is 51.1 Å². The average molecular weight is 452 g/mol. The van der Waals surface area contributed by atoms with Gasteiger partial charge in [-0.25, -0.2) is 4.79 Å². The number of aromatic amines is 1. The number of hydrogen-bond donors (Lipinski definition) is 2. The summed E-state index contributed by atoms with van der Waals surface area (Å²) in [5, 5.41) is 4.16. The monoisotopic (exact) mass is 451 g/mol. The summed E-state index contributed by atoms with van der Waals surface area (Å²) in [4.78, 5) is 35.9. The molecule has 1 aliphatic carbocycles. The third-order valence-corrected chi connectivity index (χ3v) is 7.11. The Morgan fingerprint density at radius 2 is 2.12 bits per heavy atom. The molecule has 0 saturated carbocycles. The van der Waals surface area contributed by atoms with Gasteiger partial charge in [-0.2, -0.15) is 0 Å². The molecule has 33 heavy (non-hydrogen) atoms. The second kappa shape index (κ2) is 10.1. The van der Waals surface area contributed by atoms with Crippen LogP contribution in [0.5, 0.6) is 0 Å². The Balaban J connectivity index is 1.61. The Morgan fingerprint density at radius 1 is 1.30 bits per heavy atom. The number of benzene rings is 1. The van der Waals surface area contributed by atoms with E-state index in [-0.39, 0.29) is 23.8 Å². The molecular weight excluding hydrogens is 414 g/mol. The lowest BCUT2D eigenvalue weighted by Crippen LogP contribution is -2.55. The van der Waals surface area contributed by atoms with Crippen LogP contribution in [0.15, 0.2) is 37.1 Å². The van der Waals surface area contributed by atoms with Crippen molar-refractivity contribution in [2.45, 2.75) is 38.1 Å². The summed E-state index contributed by atoms with van der Waals surface area (Å²) in [6, 6.07) is 6.50. The van der Waals surface area contributed by atoms with E-state index in [0.29, 0.717) is 25.7 Å². The number of nitrogens with zero attached hydrogens (tertiary/aromatic N) is 3. The van der Waals surface area contributed by atoms with Crippen molar-refractivity contribution in [3.8, 4) is 0 Å². The van der Waals surface area contributed by atoms with Crippen molar-refractivity contribution >= 4 is 22.8 Å². The Morgan fingerprint density at radius 3 is 2.85 bits per heavy atom. The van der Waals surface area contributed by atoms with Gasteiger partial charge in [0.15, 0.2) is 0 Å². The van der Waals surface area contributed by atoms with E-state index in [4.69, 9.17) is 0 Å². The number of carbonyl (C=O) groups excluding carboxylic acids is 2. The average Bonchev–Trinajstić information content (AvgIpc) is 3.21. The fourth-order valence-electron chi connectivity index (χ4n) is 5.68. The number of rotatable bonds is 8. The minimum absolute atomic E-state index is 0.0562. The molecule has 1 fully saturated rings. The van der Waals surface area contributed by atoms with Crippen molar-refractivity contribution in [1.29, 1.82) is 0 Å². The molecule has 1 aliphatic heterocycles. The maximum atomic E-state index is 13.7. The number of nitrogens with one attached hydrogen (secondary N) is 2. The number of hydrogen-bond acceptors (Lipinski definition) is 4. The summed E-state index contributed by atoms with van der Waals surface area (Å²) >= 11 is 0. The molecule has 3 atom stereocenters. The molecule has 178 valence electrons. The standard InChI is InChI=1S/C26H37N5O2/c1-5-11-30-17-19(25(32)31(26(33)27-6-2)13-8-12-29(3)4)14-21-20-9-7-10-22-24(20)18(16-28-22)15-23(21)30/h5,7,9-10,16,19,21,23,28H,1,6,8,11-15,17H2,2-4H3,(H,27,33)/t19-,21?,23-/m1/s1. The van der Waals surface area contributed by atoms with E-state index < -0.39 is 0 Å². The summed E-state index contributed by atoms with van der Waals surface area (Å²) in [6.07, 6.45) is 6.56. The molecule has 0 spiro atoms. The second-order valence-electron chi connectivity index (χ2n) is 9.62. The molecular formula is C26H37N5O2. The van der Waals surface area contributed by atoms with E-state index in [9.17, 15) is 9.59 Å². The number of amides is 3. The van der Waals surface area contributed by atoms with Gasteiger partial charge < -0.3 is 15.2 Å². The van der Waals surface area contributed by atoms with Crippen LogP contribution < -0.4 is 5.32 Å². The van der Waals surface area contributed by atoms with E-state index in [0.717, 1.165) is 37.9 Å². The second-order valence-corrected chi connectivity index (χ2v) is 9.62. The van der Waals surface area contributed by atoms with Crippen LogP contribution >= 0.6 is 0 Å².